The minimum atomic E-state index is -0.376. The molecular formula is C18H25N3O2S. The number of thioether (sulfide) groups is 1. The van der Waals surface area contributed by atoms with Crippen molar-refractivity contribution in [2.24, 2.45) is 5.92 Å². The van der Waals surface area contributed by atoms with Gasteiger partial charge in [-0.15, -0.1) is 0 Å². The third-order valence-electron chi connectivity index (χ3n) is 4.84. The van der Waals surface area contributed by atoms with Crippen molar-refractivity contribution in [3.63, 3.8) is 0 Å². The van der Waals surface area contributed by atoms with E-state index >= 15 is 0 Å². The molecule has 1 aromatic rings. The zero-order valence-electron chi connectivity index (χ0n) is 14.2. The van der Waals surface area contributed by atoms with Crippen LogP contribution in [0.2, 0.25) is 0 Å². The first-order chi connectivity index (χ1) is 11.7. The molecule has 24 heavy (non-hydrogen) atoms. The summed E-state index contributed by atoms with van der Waals surface area (Å²) in [6.45, 7) is 3.29. The van der Waals surface area contributed by atoms with E-state index in [0.717, 1.165) is 17.3 Å². The number of anilines is 1. The molecule has 6 heteroatoms. The molecule has 1 N–H and O–H groups in total. The van der Waals surface area contributed by atoms with Crippen LogP contribution in [0, 0.1) is 5.92 Å². The van der Waals surface area contributed by atoms with Gasteiger partial charge in [0.15, 0.2) is 0 Å². The Labute approximate surface area is 147 Å². The number of hydrogen-bond acceptors (Lipinski definition) is 4. The summed E-state index contributed by atoms with van der Waals surface area (Å²) in [6.07, 6.45) is 8.22. The van der Waals surface area contributed by atoms with Crippen LogP contribution in [-0.2, 0) is 9.59 Å². The first kappa shape index (κ1) is 17.3. The zero-order valence-corrected chi connectivity index (χ0v) is 15.0. The van der Waals surface area contributed by atoms with Crippen LogP contribution in [0.25, 0.3) is 0 Å². The van der Waals surface area contributed by atoms with Gasteiger partial charge in [0, 0.05) is 25.7 Å². The number of carbonyl (C=O) groups excluding carboxylic acids is 2. The second kappa shape index (κ2) is 8.01. The monoisotopic (exact) mass is 347 g/mol. The van der Waals surface area contributed by atoms with Gasteiger partial charge in [0.2, 0.25) is 11.8 Å². The fraction of sp³-hybridized carbons (Fsp3) is 0.611. The summed E-state index contributed by atoms with van der Waals surface area (Å²) in [4.78, 5) is 31.0. The summed E-state index contributed by atoms with van der Waals surface area (Å²) in [5.41, 5.74) is 0.855. The van der Waals surface area contributed by atoms with Crippen molar-refractivity contribution in [1.29, 1.82) is 0 Å². The summed E-state index contributed by atoms with van der Waals surface area (Å²) in [5, 5.41) is 3.49. The molecule has 0 radical (unpaired) electrons. The number of nitrogens with one attached hydrogen (secondary N) is 1. The molecule has 1 aliphatic heterocycles. The van der Waals surface area contributed by atoms with Gasteiger partial charge in [-0.3, -0.25) is 9.59 Å². The smallest absolute Gasteiger partial charge is 0.241 e. The van der Waals surface area contributed by atoms with Gasteiger partial charge in [-0.1, -0.05) is 31.0 Å². The van der Waals surface area contributed by atoms with Crippen LogP contribution >= 0.6 is 11.8 Å². The van der Waals surface area contributed by atoms with Gasteiger partial charge in [-0.05, 0) is 37.8 Å². The Morgan fingerprint density at radius 1 is 1.38 bits per heavy atom. The number of rotatable bonds is 5. The lowest BCUT2D eigenvalue weighted by atomic mass is 9.89. The SMILES string of the molecule is CCN1C(=O)[C@@H](CC(=O)NCC2CCCCC2)Sc2ncccc21. The molecule has 1 fully saturated rings. The standard InChI is InChI=1S/C18H25N3O2S/c1-2-21-14-9-6-10-19-17(14)24-15(18(21)23)11-16(22)20-12-13-7-4-3-5-8-13/h6,9-10,13,15H,2-5,7-8,11-12H2,1H3,(H,20,22)/t15-/m1/s1. The summed E-state index contributed by atoms with van der Waals surface area (Å²) in [7, 11) is 0. The Hall–Kier alpha value is -1.56. The molecule has 1 aromatic heterocycles. The van der Waals surface area contributed by atoms with Crippen LogP contribution in [-0.4, -0.2) is 35.1 Å². The van der Waals surface area contributed by atoms with Gasteiger partial charge in [-0.2, -0.15) is 0 Å². The fourth-order valence-corrected chi connectivity index (χ4v) is 4.65. The van der Waals surface area contributed by atoms with Gasteiger partial charge in [0.05, 0.1) is 10.9 Å². The second-order valence-corrected chi connectivity index (χ2v) is 7.72. The molecule has 0 spiro atoms. The highest BCUT2D eigenvalue weighted by Gasteiger charge is 2.34. The highest BCUT2D eigenvalue weighted by Crippen LogP contribution is 2.38. The number of fused-ring (bicyclic) bond motifs is 1. The van der Waals surface area contributed by atoms with Crippen molar-refractivity contribution < 1.29 is 9.59 Å². The lowest BCUT2D eigenvalue weighted by Crippen LogP contribution is -2.43. The first-order valence-electron chi connectivity index (χ1n) is 8.88. The van der Waals surface area contributed by atoms with Crippen LogP contribution in [0.15, 0.2) is 23.4 Å². The van der Waals surface area contributed by atoms with Crippen LogP contribution in [0.1, 0.15) is 45.4 Å². The van der Waals surface area contributed by atoms with Gasteiger partial charge < -0.3 is 10.2 Å². The maximum atomic E-state index is 12.7. The zero-order chi connectivity index (χ0) is 16.9. The molecule has 0 saturated heterocycles. The lowest BCUT2D eigenvalue weighted by molar-refractivity contribution is -0.125. The molecule has 0 unspecified atom stereocenters. The lowest BCUT2D eigenvalue weighted by Gasteiger charge is -2.32. The van der Waals surface area contributed by atoms with Crippen molar-refractivity contribution in [3.05, 3.63) is 18.3 Å². The highest BCUT2D eigenvalue weighted by atomic mass is 32.2. The Bertz CT molecular complexity index is 602. The molecule has 1 atom stereocenters. The molecule has 5 nitrogen and oxygen atoms in total. The molecule has 0 aromatic carbocycles. The number of carbonyl (C=O) groups is 2. The third-order valence-corrected chi connectivity index (χ3v) is 6.03. The van der Waals surface area contributed by atoms with Crippen LogP contribution in [0.5, 0.6) is 0 Å². The first-order valence-corrected chi connectivity index (χ1v) is 9.76. The van der Waals surface area contributed by atoms with Crippen LogP contribution < -0.4 is 10.2 Å². The quantitative estimate of drug-likeness (QED) is 0.889. The molecule has 0 bridgehead atoms. The van der Waals surface area contributed by atoms with Gasteiger partial charge in [0.25, 0.3) is 0 Å². The van der Waals surface area contributed by atoms with E-state index in [2.05, 4.69) is 10.3 Å². The molecule has 1 aliphatic carbocycles. The summed E-state index contributed by atoms with van der Waals surface area (Å²) < 4.78 is 0. The largest absolute Gasteiger partial charge is 0.356 e. The normalized spacial score (nSPS) is 21.5. The third kappa shape index (κ3) is 3.91. The molecule has 2 heterocycles. The molecule has 2 aliphatic rings. The Morgan fingerprint density at radius 2 is 2.17 bits per heavy atom. The maximum Gasteiger partial charge on any atom is 0.241 e. The maximum absolute atomic E-state index is 12.7. The van der Waals surface area contributed by atoms with Gasteiger partial charge in [0.1, 0.15) is 5.03 Å². The second-order valence-electron chi connectivity index (χ2n) is 6.53. The summed E-state index contributed by atoms with van der Waals surface area (Å²) >= 11 is 1.41. The minimum absolute atomic E-state index is 0.0100. The number of amides is 2. The summed E-state index contributed by atoms with van der Waals surface area (Å²) in [6, 6.07) is 3.75. The minimum Gasteiger partial charge on any atom is -0.356 e. The van der Waals surface area contributed by atoms with Crippen molar-refractivity contribution in [2.75, 3.05) is 18.0 Å². The predicted molar refractivity (Wildman–Crippen MR) is 96.1 cm³/mol. The van der Waals surface area contributed by atoms with E-state index in [1.165, 1.54) is 43.9 Å². The molecular weight excluding hydrogens is 322 g/mol. The van der Waals surface area contributed by atoms with Crippen molar-refractivity contribution in [1.82, 2.24) is 10.3 Å². The van der Waals surface area contributed by atoms with E-state index in [4.69, 9.17) is 0 Å². The number of hydrogen-bond donors (Lipinski definition) is 1. The fourth-order valence-electron chi connectivity index (χ4n) is 3.50. The van der Waals surface area contributed by atoms with E-state index < -0.39 is 0 Å². The molecule has 3 rings (SSSR count). The average Bonchev–Trinajstić information content (AvgIpc) is 2.62. The molecule has 1 saturated carbocycles. The van der Waals surface area contributed by atoms with E-state index in [1.54, 1.807) is 11.1 Å². The van der Waals surface area contributed by atoms with E-state index in [1.807, 2.05) is 19.1 Å². The highest BCUT2D eigenvalue weighted by molar-refractivity contribution is 8.00. The topological polar surface area (TPSA) is 62.3 Å². The van der Waals surface area contributed by atoms with Gasteiger partial charge >= 0.3 is 0 Å². The van der Waals surface area contributed by atoms with Crippen molar-refractivity contribution in [2.45, 2.75) is 55.7 Å². The Kier molecular flexibility index (Phi) is 5.76. The molecule has 130 valence electrons. The average molecular weight is 347 g/mol. The van der Waals surface area contributed by atoms with Crippen LogP contribution in [0.3, 0.4) is 0 Å². The van der Waals surface area contributed by atoms with E-state index in [0.29, 0.717) is 12.5 Å². The number of aromatic nitrogens is 1. The van der Waals surface area contributed by atoms with E-state index in [9.17, 15) is 9.59 Å². The molecule has 2 amide bonds. The number of nitrogens with zero attached hydrogens (tertiary/aromatic N) is 2. The van der Waals surface area contributed by atoms with E-state index in [-0.39, 0.29) is 23.5 Å². The Balaban J connectivity index is 1.58. The summed E-state index contributed by atoms with van der Waals surface area (Å²) in [5.74, 6) is 0.588. The predicted octanol–water partition coefficient (Wildman–Crippen LogP) is 3.00. The van der Waals surface area contributed by atoms with Crippen molar-refractivity contribution >= 4 is 29.3 Å². The van der Waals surface area contributed by atoms with Crippen LogP contribution in [0.4, 0.5) is 5.69 Å². The van der Waals surface area contributed by atoms with Crippen molar-refractivity contribution in [3.8, 4) is 0 Å². The number of pyridine rings is 1. The Morgan fingerprint density at radius 3 is 2.92 bits per heavy atom. The van der Waals surface area contributed by atoms with Gasteiger partial charge in [-0.25, -0.2) is 4.98 Å².